The van der Waals surface area contributed by atoms with E-state index < -0.39 is 0 Å². The smallest absolute Gasteiger partial charge is 0.231 e. The molecule has 0 aromatic heterocycles. The molecule has 1 aromatic rings. The van der Waals surface area contributed by atoms with Gasteiger partial charge in [-0.1, -0.05) is 0 Å². The summed E-state index contributed by atoms with van der Waals surface area (Å²) in [5, 5.41) is 0. The minimum absolute atomic E-state index is 0.00905. The molecular weight excluding hydrogens is 185 g/mol. The SMILES string of the molecule is CC(N)Cc1cc(F)c2c(c1)OCO2. The Morgan fingerprint density at radius 1 is 1.50 bits per heavy atom. The van der Waals surface area contributed by atoms with E-state index in [-0.39, 0.29) is 24.4 Å². The summed E-state index contributed by atoms with van der Waals surface area (Å²) in [6.07, 6.45) is 0.632. The molecule has 0 saturated heterocycles. The van der Waals surface area contributed by atoms with Crippen LogP contribution >= 0.6 is 0 Å². The fourth-order valence-electron chi connectivity index (χ4n) is 1.51. The maximum absolute atomic E-state index is 13.4. The molecule has 76 valence electrons. The summed E-state index contributed by atoms with van der Waals surface area (Å²) in [6, 6.07) is 3.22. The van der Waals surface area contributed by atoms with E-state index >= 15 is 0 Å². The standard InChI is InChI=1S/C10H12FNO2/c1-6(12)2-7-3-8(11)10-9(4-7)13-5-14-10/h3-4,6H,2,5,12H2,1H3. The molecule has 14 heavy (non-hydrogen) atoms. The summed E-state index contributed by atoms with van der Waals surface area (Å²) in [4.78, 5) is 0. The molecular formula is C10H12FNO2. The Bertz CT molecular complexity index is 352. The first-order chi connectivity index (χ1) is 6.66. The van der Waals surface area contributed by atoms with Crippen molar-refractivity contribution in [1.82, 2.24) is 0 Å². The van der Waals surface area contributed by atoms with Gasteiger partial charge in [-0.25, -0.2) is 4.39 Å². The van der Waals surface area contributed by atoms with Gasteiger partial charge in [-0.05, 0) is 31.0 Å². The Hall–Kier alpha value is -1.29. The third-order valence-corrected chi connectivity index (χ3v) is 2.04. The van der Waals surface area contributed by atoms with Crippen molar-refractivity contribution in [2.75, 3.05) is 6.79 Å². The summed E-state index contributed by atoms with van der Waals surface area (Å²) < 4.78 is 23.4. The van der Waals surface area contributed by atoms with Crippen molar-refractivity contribution in [2.24, 2.45) is 5.73 Å². The average molecular weight is 197 g/mol. The number of halogens is 1. The molecule has 1 aliphatic rings. The third kappa shape index (κ3) is 1.65. The maximum Gasteiger partial charge on any atom is 0.231 e. The molecule has 4 heteroatoms. The van der Waals surface area contributed by atoms with Crippen LogP contribution in [0.1, 0.15) is 12.5 Å². The molecule has 1 atom stereocenters. The maximum atomic E-state index is 13.4. The number of benzene rings is 1. The van der Waals surface area contributed by atoms with Crippen LogP contribution in [-0.2, 0) is 6.42 Å². The molecule has 3 nitrogen and oxygen atoms in total. The Morgan fingerprint density at radius 3 is 3.00 bits per heavy atom. The summed E-state index contributed by atoms with van der Waals surface area (Å²) in [6.45, 7) is 1.97. The van der Waals surface area contributed by atoms with E-state index in [4.69, 9.17) is 15.2 Å². The van der Waals surface area contributed by atoms with Crippen molar-refractivity contribution in [3.63, 3.8) is 0 Å². The van der Waals surface area contributed by atoms with E-state index in [0.29, 0.717) is 12.2 Å². The molecule has 1 unspecified atom stereocenters. The van der Waals surface area contributed by atoms with Crippen LogP contribution in [0.2, 0.25) is 0 Å². The second-order valence-corrected chi connectivity index (χ2v) is 3.49. The molecule has 1 aliphatic heterocycles. The third-order valence-electron chi connectivity index (χ3n) is 2.04. The lowest BCUT2D eigenvalue weighted by atomic mass is 10.1. The molecule has 2 rings (SSSR count). The van der Waals surface area contributed by atoms with E-state index in [1.807, 2.05) is 6.92 Å². The molecule has 0 bridgehead atoms. The van der Waals surface area contributed by atoms with Crippen molar-refractivity contribution in [3.8, 4) is 11.5 Å². The molecule has 2 N–H and O–H groups in total. The zero-order valence-corrected chi connectivity index (χ0v) is 7.92. The minimum Gasteiger partial charge on any atom is -0.453 e. The van der Waals surface area contributed by atoms with Crippen molar-refractivity contribution in [3.05, 3.63) is 23.5 Å². The minimum atomic E-state index is -0.379. The lowest BCUT2D eigenvalue weighted by Crippen LogP contribution is -2.17. The van der Waals surface area contributed by atoms with Gasteiger partial charge < -0.3 is 15.2 Å². The van der Waals surface area contributed by atoms with E-state index in [0.717, 1.165) is 5.56 Å². The van der Waals surface area contributed by atoms with Crippen LogP contribution in [0.25, 0.3) is 0 Å². The predicted molar refractivity (Wildman–Crippen MR) is 49.9 cm³/mol. The van der Waals surface area contributed by atoms with Gasteiger partial charge in [0.05, 0.1) is 0 Å². The molecule has 0 fully saturated rings. The van der Waals surface area contributed by atoms with Crippen LogP contribution in [-0.4, -0.2) is 12.8 Å². The summed E-state index contributed by atoms with van der Waals surface area (Å²) in [5.41, 5.74) is 6.46. The van der Waals surface area contributed by atoms with Crippen LogP contribution in [0.4, 0.5) is 4.39 Å². The first-order valence-electron chi connectivity index (χ1n) is 4.50. The van der Waals surface area contributed by atoms with Crippen LogP contribution in [0.3, 0.4) is 0 Å². The monoisotopic (exact) mass is 197 g/mol. The Balaban J connectivity index is 2.32. The van der Waals surface area contributed by atoms with E-state index in [1.54, 1.807) is 6.07 Å². The largest absolute Gasteiger partial charge is 0.453 e. The first kappa shape index (κ1) is 9.27. The second kappa shape index (κ2) is 3.46. The van der Waals surface area contributed by atoms with Gasteiger partial charge in [0, 0.05) is 6.04 Å². The summed E-state index contributed by atoms with van der Waals surface area (Å²) in [7, 11) is 0. The predicted octanol–water partition coefficient (Wildman–Crippen LogP) is 1.44. The first-order valence-corrected chi connectivity index (χ1v) is 4.50. The normalized spacial score (nSPS) is 15.6. The molecule has 0 radical (unpaired) electrons. The fraction of sp³-hybridized carbons (Fsp3) is 0.400. The highest BCUT2D eigenvalue weighted by Crippen LogP contribution is 2.35. The molecule has 1 aromatic carbocycles. The van der Waals surface area contributed by atoms with Gasteiger partial charge in [-0.3, -0.25) is 0 Å². The van der Waals surface area contributed by atoms with E-state index in [1.165, 1.54) is 6.07 Å². The van der Waals surface area contributed by atoms with Crippen LogP contribution in [0.15, 0.2) is 12.1 Å². The quantitative estimate of drug-likeness (QED) is 0.780. The highest BCUT2D eigenvalue weighted by Gasteiger charge is 2.19. The molecule has 0 saturated carbocycles. The van der Waals surface area contributed by atoms with Crippen LogP contribution in [0.5, 0.6) is 11.5 Å². The number of nitrogens with two attached hydrogens (primary N) is 1. The van der Waals surface area contributed by atoms with Crippen molar-refractivity contribution in [2.45, 2.75) is 19.4 Å². The molecule has 1 heterocycles. The van der Waals surface area contributed by atoms with Gasteiger partial charge in [-0.15, -0.1) is 0 Å². The highest BCUT2D eigenvalue weighted by atomic mass is 19.1. The van der Waals surface area contributed by atoms with Gasteiger partial charge in [0.1, 0.15) is 0 Å². The zero-order valence-electron chi connectivity index (χ0n) is 7.92. The fourth-order valence-corrected chi connectivity index (χ4v) is 1.51. The number of rotatable bonds is 2. The van der Waals surface area contributed by atoms with Gasteiger partial charge >= 0.3 is 0 Å². The highest BCUT2D eigenvalue weighted by molar-refractivity contribution is 5.45. The van der Waals surface area contributed by atoms with Crippen molar-refractivity contribution >= 4 is 0 Å². The lowest BCUT2D eigenvalue weighted by Gasteiger charge is -2.06. The summed E-state index contributed by atoms with van der Waals surface area (Å²) >= 11 is 0. The number of hydrogen-bond donors (Lipinski definition) is 1. The van der Waals surface area contributed by atoms with E-state index in [9.17, 15) is 4.39 Å². The van der Waals surface area contributed by atoms with Crippen molar-refractivity contribution in [1.29, 1.82) is 0 Å². The number of hydrogen-bond acceptors (Lipinski definition) is 3. The Labute approximate surface area is 81.6 Å². The van der Waals surface area contributed by atoms with Gasteiger partial charge in [0.25, 0.3) is 0 Å². The number of ether oxygens (including phenoxy) is 2. The summed E-state index contributed by atoms with van der Waals surface area (Å²) in [5.74, 6) is 0.301. The average Bonchev–Trinajstić information content (AvgIpc) is 2.50. The van der Waals surface area contributed by atoms with Gasteiger partial charge in [0.2, 0.25) is 12.5 Å². The van der Waals surface area contributed by atoms with Gasteiger partial charge in [0.15, 0.2) is 11.6 Å². The van der Waals surface area contributed by atoms with Crippen molar-refractivity contribution < 1.29 is 13.9 Å². The van der Waals surface area contributed by atoms with Crippen LogP contribution < -0.4 is 15.2 Å². The Morgan fingerprint density at radius 2 is 2.29 bits per heavy atom. The molecule has 0 spiro atoms. The molecule has 0 amide bonds. The molecule has 0 aliphatic carbocycles. The van der Waals surface area contributed by atoms with E-state index in [2.05, 4.69) is 0 Å². The lowest BCUT2D eigenvalue weighted by molar-refractivity contribution is 0.171. The van der Waals surface area contributed by atoms with Gasteiger partial charge in [-0.2, -0.15) is 0 Å². The number of fused-ring (bicyclic) bond motifs is 1. The van der Waals surface area contributed by atoms with Crippen LogP contribution in [0, 0.1) is 5.82 Å². The zero-order chi connectivity index (χ0) is 10.1. The second-order valence-electron chi connectivity index (χ2n) is 3.49. The topological polar surface area (TPSA) is 44.5 Å². The Kier molecular flexibility index (Phi) is 2.29.